The zero-order valence-electron chi connectivity index (χ0n) is 16.8. The number of rotatable bonds is 5. The molecule has 1 fully saturated rings. The second-order valence-electron chi connectivity index (χ2n) is 6.93. The number of nitrogens with one attached hydrogen (secondary N) is 1. The van der Waals surface area contributed by atoms with Gasteiger partial charge in [-0.1, -0.05) is 35.5 Å². The molecule has 33 heavy (non-hydrogen) atoms. The normalized spacial score (nSPS) is 15.0. The molecular weight excluding hydrogens is 480 g/mol. The molecule has 1 heterocycles. The number of anilines is 1. The topological polar surface area (TPSA) is 86.7 Å². The fourth-order valence-electron chi connectivity index (χ4n) is 3.08. The Labute approximate surface area is 203 Å². The van der Waals surface area contributed by atoms with Crippen molar-refractivity contribution in [3.05, 3.63) is 94.5 Å². The van der Waals surface area contributed by atoms with Gasteiger partial charge in [-0.15, -0.1) is 0 Å². The van der Waals surface area contributed by atoms with E-state index in [1.54, 1.807) is 11.8 Å². The van der Waals surface area contributed by atoms with Crippen LogP contribution >= 0.6 is 35.6 Å². The highest BCUT2D eigenvalue weighted by molar-refractivity contribution is 7.99. The van der Waals surface area contributed by atoms with E-state index in [0.29, 0.717) is 16.3 Å². The van der Waals surface area contributed by atoms with Crippen LogP contribution in [0.1, 0.15) is 15.9 Å². The van der Waals surface area contributed by atoms with Gasteiger partial charge in [0.05, 0.1) is 11.3 Å². The second kappa shape index (κ2) is 9.58. The lowest BCUT2D eigenvalue weighted by Crippen LogP contribution is -2.54. The van der Waals surface area contributed by atoms with Gasteiger partial charge in [0.25, 0.3) is 11.8 Å². The van der Waals surface area contributed by atoms with Crippen molar-refractivity contribution in [2.45, 2.75) is 9.79 Å². The molecule has 9 heteroatoms. The van der Waals surface area contributed by atoms with Crippen molar-refractivity contribution in [1.29, 1.82) is 0 Å². The van der Waals surface area contributed by atoms with Crippen molar-refractivity contribution in [3.8, 4) is 0 Å². The molecule has 3 aromatic rings. The molecule has 0 aliphatic carbocycles. The molecule has 1 aliphatic rings. The molecule has 0 unspecified atom stereocenters. The van der Waals surface area contributed by atoms with E-state index in [1.165, 1.54) is 35.2 Å². The first kappa shape index (κ1) is 22.7. The molecule has 1 saturated heterocycles. The lowest BCUT2D eigenvalue weighted by atomic mass is 10.1. The van der Waals surface area contributed by atoms with Crippen LogP contribution in [-0.2, 0) is 9.59 Å². The van der Waals surface area contributed by atoms with Gasteiger partial charge in [-0.3, -0.25) is 19.8 Å². The Morgan fingerprint density at radius 3 is 2.09 bits per heavy atom. The predicted octanol–water partition coefficient (Wildman–Crippen LogP) is 5.02. The van der Waals surface area contributed by atoms with Crippen LogP contribution in [0.25, 0.3) is 6.08 Å². The predicted molar refractivity (Wildman–Crippen MR) is 132 cm³/mol. The first-order valence-electron chi connectivity index (χ1n) is 9.60. The summed E-state index contributed by atoms with van der Waals surface area (Å²) in [6, 6.07) is 20.6. The van der Waals surface area contributed by atoms with E-state index in [4.69, 9.17) is 28.9 Å². The lowest BCUT2D eigenvalue weighted by Gasteiger charge is -2.29. The summed E-state index contributed by atoms with van der Waals surface area (Å²) in [6.45, 7) is 0. The highest BCUT2D eigenvalue weighted by Crippen LogP contribution is 2.29. The van der Waals surface area contributed by atoms with Crippen LogP contribution < -0.4 is 10.2 Å². The molecule has 4 rings (SSSR count). The van der Waals surface area contributed by atoms with Crippen LogP contribution in [0.15, 0.2) is 88.2 Å². The van der Waals surface area contributed by atoms with Crippen LogP contribution in [0, 0.1) is 0 Å². The largest absolute Gasteiger partial charge is 0.478 e. The smallest absolute Gasteiger partial charge is 0.335 e. The van der Waals surface area contributed by atoms with Crippen molar-refractivity contribution >= 4 is 70.2 Å². The first-order valence-corrected chi connectivity index (χ1v) is 11.2. The SMILES string of the molecule is O=C1NC(=S)N(c2ccc(C(=O)O)cc2)C(=O)/C1=C/c1ccc(Sc2ccc(Cl)cc2)cc1. The molecule has 0 bridgehead atoms. The van der Waals surface area contributed by atoms with Gasteiger partial charge in [0.2, 0.25) is 0 Å². The fourth-order valence-corrected chi connectivity index (χ4v) is 4.31. The number of hydrogen-bond acceptors (Lipinski definition) is 5. The van der Waals surface area contributed by atoms with Gasteiger partial charge in [-0.05, 0) is 84.5 Å². The maximum absolute atomic E-state index is 13.1. The number of carbonyl (C=O) groups is 3. The van der Waals surface area contributed by atoms with E-state index in [-0.39, 0.29) is 16.2 Å². The Hall–Kier alpha value is -3.46. The van der Waals surface area contributed by atoms with Gasteiger partial charge in [-0.2, -0.15) is 0 Å². The van der Waals surface area contributed by atoms with Crippen molar-refractivity contribution in [3.63, 3.8) is 0 Å². The molecule has 0 aromatic heterocycles. The Balaban J connectivity index is 1.56. The van der Waals surface area contributed by atoms with Crippen LogP contribution in [0.2, 0.25) is 5.02 Å². The molecule has 2 amide bonds. The van der Waals surface area contributed by atoms with Crippen LogP contribution in [0.4, 0.5) is 5.69 Å². The third-order valence-corrected chi connectivity index (χ3v) is 6.27. The standard InChI is InChI=1S/C24H15ClN2O4S2/c25-16-5-11-19(12-6-16)33-18-9-1-14(2-10-18)13-20-21(28)26-24(32)27(22(20)29)17-7-3-15(4-8-17)23(30)31/h1-13H,(H,30,31)(H,26,28,32)/b20-13+. The second-order valence-corrected chi connectivity index (χ2v) is 8.90. The number of halogens is 1. The number of benzene rings is 3. The van der Waals surface area contributed by atoms with Gasteiger partial charge < -0.3 is 5.11 Å². The number of carboxylic acid groups (broad SMARTS) is 1. The number of aromatic carboxylic acids is 1. The van der Waals surface area contributed by atoms with Crippen LogP contribution in [-0.4, -0.2) is 28.0 Å². The highest BCUT2D eigenvalue weighted by atomic mass is 35.5. The zero-order valence-corrected chi connectivity index (χ0v) is 19.2. The van der Waals surface area contributed by atoms with E-state index in [9.17, 15) is 14.4 Å². The minimum absolute atomic E-state index is 0.0695. The number of nitrogens with zero attached hydrogens (tertiary/aromatic N) is 1. The quantitative estimate of drug-likeness (QED) is 0.294. The fraction of sp³-hybridized carbons (Fsp3) is 0. The molecule has 0 radical (unpaired) electrons. The highest BCUT2D eigenvalue weighted by Gasteiger charge is 2.34. The molecule has 3 aromatic carbocycles. The van der Waals surface area contributed by atoms with Crippen LogP contribution in [0.3, 0.4) is 0 Å². The average Bonchev–Trinajstić information content (AvgIpc) is 2.79. The van der Waals surface area contributed by atoms with E-state index >= 15 is 0 Å². The van der Waals surface area contributed by atoms with Crippen molar-refractivity contribution in [2.24, 2.45) is 0 Å². The summed E-state index contributed by atoms with van der Waals surface area (Å²) in [4.78, 5) is 39.8. The Kier molecular flexibility index (Phi) is 6.60. The molecule has 0 atom stereocenters. The third-order valence-electron chi connectivity index (χ3n) is 4.71. The maximum Gasteiger partial charge on any atom is 0.335 e. The molecule has 164 valence electrons. The lowest BCUT2D eigenvalue weighted by molar-refractivity contribution is -0.122. The molecular formula is C24H15ClN2O4S2. The van der Waals surface area contributed by atoms with E-state index < -0.39 is 17.8 Å². The third kappa shape index (κ3) is 5.14. The number of carboxylic acids is 1. The van der Waals surface area contributed by atoms with Gasteiger partial charge in [0.15, 0.2) is 5.11 Å². The minimum atomic E-state index is -1.08. The van der Waals surface area contributed by atoms with Crippen molar-refractivity contribution < 1.29 is 19.5 Å². The summed E-state index contributed by atoms with van der Waals surface area (Å²) in [6.07, 6.45) is 1.49. The van der Waals surface area contributed by atoms with Gasteiger partial charge >= 0.3 is 5.97 Å². The Morgan fingerprint density at radius 2 is 1.52 bits per heavy atom. The summed E-state index contributed by atoms with van der Waals surface area (Å²) >= 11 is 12.7. The summed E-state index contributed by atoms with van der Waals surface area (Å²) in [5.41, 5.74) is 1.02. The molecule has 0 spiro atoms. The van der Waals surface area contributed by atoms with Crippen molar-refractivity contribution in [2.75, 3.05) is 4.90 Å². The number of hydrogen-bond donors (Lipinski definition) is 2. The zero-order chi connectivity index (χ0) is 23.5. The molecule has 2 N–H and O–H groups in total. The average molecular weight is 495 g/mol. The molecule has 0 saturated carbocycles. The van der Waals surface area contributed by atoms with Crippen LogP contribution in [0.5, 0.6) is 0 Å². The number of thiocarbonyl (C=S) groups is 1. The van der Waals surface area contributed by atoms with Crippen molar-refractivity contribution in [1.82, 2.24) is 5.32 Å². The maximum atomic E-state index is 13.1. The van der Waals surface area contributed by atoms with Gasteiger partial charge in [-0.25, -0.2) is 4.79 Å². The van der Waals surface area contributed by atoms with E-state index in [1.807, 2.05) is 48.5 Å². The van der Waals surface area contributed by atoms with E-state index in [0.717, 1.165) is 9.79 Å². The summed E-state index contributed by atoms with van der Waals surface area (Å²) in [5.74, 6) is -2.27. The number of amides is 2. The summed E-state index contributed by atoms with van der Waals surface area (Å²) < 4.78 is 0. The molecule has 1 aliphatic heterocycles. The molecule has 6 nitrogen and oxygen atoms in total. The van der Waals surface area contributed by atoms with E-state index in [2.05, 4.69) is 5.32 Å². The summed E-state index contributed by atoms with van der Waals surface area (Å²) in [7, 11) is 0. The van der Waals surface area contributed by atoms with Gasteiger partial charge in [0.1, 0.15) is 5.57 Å². The number of carbonyl (C=O) groups excluding carboxylic acids is 2. The van der Waals surface area contributed by atoms with Gasteiger partial charge in [0, 0.05) is 14.8 Å². The summed E-state index contributed by atoms with van der Waals surface area (Å²) in [5, 5.41) is 12.2. The monoisotopic (exact) mass is 494 g/mol. The first-order chi connectivity index (χ1) is 15.8. The minimum Gasteiger partial charge on any atom is -0.478 e. The Bertz CT molecular complexity index is 1290. The Morgan fingerprint density at radius 1 is 0.939 bits per heavy atom.